The summed E-state index contributed by atoms with van der Waals surface area (Å²) in [5.41, 5.74) is 5.70. The van der Waals surface area contributed by atoms with Gasteiger partial charge in [0.25, 0.3) is 0 Å². The molecular weight excluding hydrogens is 216 g/mol. The zero-order valence-corrected chi connectivity index (χ0v) is 9.99. The molecule has 1 aliphatic heterocycles. The van der Waals surface area contributed by atoms with E-state index in [1.54, 1.807) is 18.3 Å². The summed E-state index contributed by atoms with van der Waals surface area (Å²) in [4.78, 5) is 16.1. The predicted molar refractivity (Wildman–Crippen MR) is 67.5 cm³/mol. The largest absolute Gasteiger partial charge is 0.384 e. The fraction of sp³-hybridized carbons (Fsp3) is 0.500. The highest BCUT2D eigenvalue weighted by molar-refractivity contribution is 5.97. The normalized spacial score (nSPS) is 24.3. The number of pyridine rings is 1. The molecule has 0 spiro atoms. The summed E-state index contributed by atoms with van der Waals surface area (Å²) in [5, 5.41) is 6.13. The van der Waals surface area contributed by atoms with Gasteiger partial charge in [-0.05, 0) is 44.9 Å². The van der Waals surface area contributed by atoms with Gasteiger partial charge < -0.3 is 16.4 Å². The molecule has 2 heterocycles. The zero-order chi connectivity index (χ0) is 12.3. The maximum absolute atomic E-state index is 12.1. The third kappa shape index (κ3) is 2.74. The van der Waals surface area contributed by atoms with Crippen molar-refractivity contribution in [3.05, 3.63) is 18.3 Å². The van der Waals surface area contributed by atoms with Crippen LogP contribution in [0.25, 0.3) is 0 Å². The summed E-state index contributed by atoms with van der Waals surface area (Å²) in [6, 6.07) is 3.43. The monoisotopic (exact) mass is 234 g/mol. The Kier molecular flexibility index (Phi) is 3.28. The van der Waals surface area contributed by atoms with Crippen molar-refractivity contribution in [3.63, 3.8) is 0 Å². The predicted octanol–water partition coefficient (Wildman–Crippen LogP) is 1.13. The number of aromatic nitrogens is 1. The Labute approximate surface area is 101 Å². The third-order valence-electron chi connectivity index (χ3n) is 3.16. The molecule has 0 radical (unpaired) electrons. The topological polar surface area (TPSA) is 80.0 Å². The Bertz CT molecular complexity index is 395. The zero-order valence-electron chi connectivity index (χ0n) is 9.99. The molecule has 0 aliphatic carbocycles. The Balaban J connectivity index is 2.03. The van der Waals surface area contributed by atoms with E-state index in [0.717, 1.165) is 25.8 Å². The Morgan fingerprint density at radius 2 is 2.35 bits per heavy atom. The summed E-state index contributed by atoms with van der Waals surface area (Å²) in [7, 11) is 0. The fourth-order valence-corrected chi connectivity index (χ4v) is 2.00. The minimum absolute atomic E-state index is 0.0104. The van der Waals surface area contributed by atoms with Crippen LogP contribution in [0.15, 0.2) is 18.3 Å². The average molecular weight is 234 g/mol. The number of nitrogens with one attached hydrogen (secondary N) is 2. The number of carbonyl (C=O) groups is 1. The molecule has 0 aromatic carbocycles. The molecule has 1 atom stereocenters. The average Bonchev–Trinajstić information content (AvgIpc) is 2.33. The van der Waals surface area contributed by atoms with Gasteiger partial charge in [0.05, 0.1) is 17.4 Å². The molecule has 1 saturated heterocycles. The lowest BCUT2D eigenvalue weighted by Gasteiger charge is -2.33. The first-order chi connectivity index (χ1) is 8.10. The highest BCUT2D eigenvalue weighted by Gasteiger charge is 2.34. The number of nitrogen functional groups attached to an aromatic ring is 1. The summed E-state index contributed by atoms with van der Waals surface area (Å²) in [6.45, 7) is 2.83. The van der Waals surface area contributed by atoms with Crippen LogP contribution in [0, 0.1) is 0 Å². The van der Waals surface area contributed by atoms with Crippen LogP contribution < -0.4 is 16.4 Å². The first-order valence-corrected chi connectivity index (χ1v) is 5.88. The second-order valence-corrected chi connectivity index (χ2v) is 4.64. The van der Waals surface area contributed by atoms with Crippen molar-refractivity contribution in [1.82, 2.24) is 10.3 Å². The van der Waals surface area contributed by atoms with Gasteiger partial charge in [-0.3, -0.25) is 4.79 Å². The number of rotatable bonds is 2. The molecule has 92 valence electrons. The molecular formula is C12H18N4O. The number of carbonyl (C=O) groups excluding carboxylic acids is 1. The lowest BCUT2D eigenvalue weighted by molar-refractivity contribution is -0.122. The van der Waals surface area contributed by atoms with Crippen molar-refractivity contribution in [3.8, 4) is 0 Å². The van der Waals surface area contributed by atoms with Gasteiger partial charge in [-0.2, -0.15) is 0 Å². The number of piperidine rings is 1. The standard InChI is InChI=1S/C12H18N4O/c1-12(6-2-3-7-15-12)11(17)16-9-4-5-10(13)14-8-9/h4-5,8,15H,2-3,6-7H2,1H3,(H2,13,14)(H,16,17). The van der Waals surface area contributed by atoms with Crippen LogP contribution in [0.4, 0.5) is 11.5 Å². The molecule has 4 N–H and O–H groups in total. The molecule has 1 fully saturated rings. The Morgan fingerprint density at radius 1 is 1.53 bits per heavy atom. The smallest absolute Gasteiger partial charge is 0.244 e. The van der Waals surface area contributed by atoms with Gasteiger partial charge in [-0.15, -0.1) is 0 Å². The Morgan fingerprint density at radius 3 is 2.94 bits per heavy atom. The number of hydrogen-bond acceptors (Lipinski definition) is 4. The molecule has 1 unspecified atom stereocenters. The molecule has 0 saturated carbocycles. The quantitative estimate of drug-likeness (QED) is 0.716. The molecule has 1 aromatic heterocycles. The number of nitrogens with two attached hydrogens (primary N) is 1. The highest BCUT2D eigenvalue weighted by atomic mass is 16.2. The molecule has 1 amide bonds. The van der Waals surface area contributed by atoms with Crippen molar-refractivity contribution in [1.29, 1.82) is 0 Å². The summed E-state index contributed by atoms with van der Waals surface area (Å²) >= 11 is 0. The van der Waals surface area contributed by atoms with Crippen molar-refractivity contribution in [2.45, 2.75) is 31.7 Å². The fourth-order valence-electron chi connectivity index (χ4n) is 2.00. The second-order valence-electron chi connectivity index (χ2n) is 4.64. The molecule has 17 heavy (non-hydrogen) atoms. The molecule has 1 aliphatic rings. The van der Waals surface area contributed by atoms with Crippen molar-refractivity contribution >= 4 is 17.4 Å². The number of amides is 1. The van der Waals surface area contributed by atoms with E-state index >= 15 is 0 Å². The number of hydrogen-bond donors (Lipinski definition) is 3. The van der Waals surface area contributed by atoms with E-state index < -0.39 is 5.54 Å². The first-order valence-electron chi connectivity index (χ1n) is 5.88. The van der Waals surface area contributed by atoms with Gasteiger partial charge in [-0.1, -0.05) is 0 Å². The Hall–Kier alpha value is -1.62. The van der Waals surface area contributed by atoms with Crippen molar-refractivity contribution in [2.75, 3.05) is 17.6 Å². The van der Waals surface area contributed by atoms with Crippen molar-refractivity contribution in [2.24, 2.45) is 0 Å². The summed E-state index contributed by atoms with van der Waals surface area (Å²) < 4.78 is 0. The molecule has 1 aromatic rings. The van der Waals surface area contributed by atoms with Crippen LogP contribution in [-0.4, -0.2) is 23.0 Å². The van der Waals surface area contributed by atoms with Crippen LogP contribution in [-0.2, 0) is 4.79 Å². The maximum atomic E-state index is 12.1. The van der Waals surface area contributed by atoms with E-state index in [4.69, 9.17) is 5.73 Å². The van der Waals surface area contributed by atoms with E-state index in [9.17, 15) is 4.79 Å². The van der Waals surface area contributed by atoms with Gasteiger partial charge in [0, 0.05) is 0 Å². The van der Waals surface area contributed by atoms with Gasteiger partial charge in [0.1, 0.15) is 5.82 Å². The minimum atomic E-state index is -0.473. The molecule has 0 bridgehead atoms. The van der Waals surface area contributed by atoms with E-state index in [1.165, 1.54) is 0 Å². The van der Waals surface area contributed by atoms with E-state index in [2.05, 4.69) is 15.6 Å². The lowest BCUT2D eigenvalue weighted by atomic mass is 9.90. The summed E-state index contributed by atoms with van der Waals surface area (Å²) in [6.07, 6.45) is 4.64. The summed E-state index contributed by atoms with van der Waals surface area (Å²) in [5.74, 6) is 0.439. The van der Waals surface area contributed by atoms with Crippen LogP contribution in [0.3, 0.4) is 0 Å². The van der Waals surface area contributed by atoms with E-state index in [1.807, 2.05) is 6.92 Å². The van der Waals surface area contributed by atoms with Crippen molar-refractivity contribution < 1.29 is 4.79 Å². The minimum Gasteiger partial charge on any atom is -0.384 e. The molecule has 2 rings (SSSR count). The highest BCUT2D eigenvalue weighted by Crippen LogP contribution is 2.20. The SMILES string of the molecule is CC1(C(=O)Nc2ccc(N)nc2)CCCCN1. The van der Waals surface area contributed by atoms with Crippen LogP contribution in [0.5, 0.6) is 0 Å². The number of anilines is 2. The van der Waals surface area contributed by atoms with Crippen LogP contribution >= 0.6 is 0 Å². The van der Waals surface area contributed by atoms with Gasteiger partial charge >= 0.3 is 0 Å². The lowest BCUT2D eigenvalue weighted by Crippen LogP contribution is -2.54. The van der Waals surface area contributed by atoms with E-state index in [-0.39, 0.29) is 5.91 Å². The number of nitrogens with zero attached hydrogens (tertiary/aromatic N) is 1. The molecule has 5 nitrogen and oxygen atoms in total. The van der Waals surface area contributed by atoms with Gasteiger partial charge in [-0.25, -0.2) is 4.98 Å². The second kappa shape index (κ2) is 4.71. The van der Waals surface area contributed by atoms with Crippen LogP contribution in [0.1, 0.15) is 26.2 Å². The molecule has 5 heteroatoms. The van der Waals surface area contributed by atoms with Gasteiger partial charge in [0.15, 0.2) is 0 Å². The van der Waals surface area contributed by atoms with E-state index in [0.29, 0.717) is 11.5 Å². The van der Waals surface area contributed by atoms with Gasteiger partial charge in [0.2, 0.25) is 5.91 Å². The maximum Gasteiger partial charge on any atom is 0.244 e. The first kappa shape index (κ1) is 11.9. The van der Waals surface area contributed by atoms with Crippen LogP contribution in [0.2, 0.25) is 0 Å². The third-order valence-corrected chi connectivity index (χ3v) is 3.16.